The van der Waals surface area contributed by atoms with Crippen LogP contribution in [-0.2, 0) is 4.79 Å². The summed E-state index contributed by atoms with van der Waals surface area (Å²) in [5.41, 5.74) is 3.51. The van der Waals surface area contributed by atoms with Crippen molar-refractivity contribution in [3.63, 3.8) is 0 Å². The smallest absolute Gasteiger partial charge is 0.270 e. The molecule has 3 rings (SSSR count). The van der Waals surface area contributed by atoms with Crippen LogP contribution in [0.3, 0.4) is 0 Å². The fourth-order valence-corrected chi connectivity index (χ4v) is 2.54. The molecular formula is C19H15ClN4O4. The highest BCUT2D eigenvalue weighted by molar-refractivity contribution is 6.33. The average molecular weight is 399 g/mol. The largest absolute Gasteiger partial charge is 0.455 e. The first-order valence-corrected chi connectivity index (χ1v) is 8.56. The molecule has 0 fully saturated rings. The molecule has 2 aromatic carbocycles. The Hall–Kier alpha value is -3.65. The monoisotopic (exact) mass is 398 g/mol. The van der Waals surface area contributed by atoms with E-state index >= 15 is 0 Å². The van der Waals surface area contributed by atoms with E-state index in [1.165, 1.54) is 24.4 Å². The zero-order chi connectivity index (χ0) is 19.9. The predicted molar refractivity (Wildman–Crippen MR) is 106 cm³/mol. The normalized spacial score (nSPS) is 10.8. The molecule has 9 heteroatoms. The highest BCUT2D eigenvalue weighted by Crippen LogP contribution is 2.32. The van der Waals surface area contributed by atoms with Crippen molar-refractivity contribution in [3.05, 3.63) is 81.6 Å². The molecule has 0 aliphatic carbocycles. The SMILES string of the molecule is O=C(CNc1ccccc1)N/N=C\c1ccc(-c2cc([N+](=O)[O-])ccc2Cl)o1. The van der Waals surface area contributed by atoms with Crippen molar-refractivity contribution in [1.29, 1.82) is 0 Å². The number of benzene rings is 2. The molecule has 3 aromatic rings. The van der Waals surface area contributed by atoms with Crippen molar-refractivity contribution in [2.75, 3.05) is 11.9 Å². The number of carbonyl (C=O) groups excluding carboxylic acids is 1. The fraction of sp³-hybridized carbons (Fsp3) is 0.0526. The van der Waals surface area contributed by atoms with Gasteiger partial charge in [0.15, 0.2) is 0 Å². The zero-order valence-electron chi connectivity index (χ0n) is 14.5. The number of rotatable bonds is 7. The van der Waals surface area contributed by atoms with E-state index < -0.39 is 4.92 Å². The summed E-state index contributed by atoms with van der Waals surface area (Å²) in [7, 11) is 0. The van der Waals surface area contributed by atoms with Crippen LogP contribution in [0.2, 0.25) is 5.02 Å². The van der Waals surface area contributed by atoms with Gasteiger partial charge in [-0.1, -0.05) is 29.8 Å². The number of halogens is 1. The van der Waals surface area contributed by atoms with Gasteiger partial charge < -0.3 is 9.73 Å². The zero-order valence-corrected chi connectivity index (χ0v) is 15.2. The van der Waals surface area contributed by atoms with Crippen LogP contribution in [-0.4, -0.2) is 23.6 Å². The van der Waals surface area contributed by atoms with Crippen LogP contribution in [0.4, 0.5) is 11.4 Å². The maximum atomic E-state index is 11.8. The molecule has 8 nitrogen and oxygen atoms in total. The Morgan fingerprint density at radius 1 is 1.18 bits per heavy atom. The number of nitro benzene ring substituents is 1. The van der Waals surface area contributed by atoms with Crippen molar-refractivity contribution in [2.45, 2.75) is 0 Å². The Kier molecular flexibility index (Phi) is 6.03. The number of hydrogen-bond acceptors (Lipinski definition) is 6. The van der Waals surface area contributed by atoms with Crippen LogP contribution in [0.1, 0.15) is 5.76 Å². The van der Waals surface area contributed by atoms with Gasteiger partial charge in [0, 0.05) is 23.4 Å². The minimum atomic E-state index is -0.510. The maximum Gasteiger partial charge on any atom is 0.270 e. The van der Waals surface area contributed by atoms with Gasteiger partial charge in [-0.15, -0.1) is 0 Å². The number of carbonyl (C=O) groups is 1. The molecule has 1 amide bonds. The van der Waals surface area contributed by atoms with E-state index in [1.807, 2.05) is 30.3 Å². The number of anilines is 1. The van der Waals surface area contributed by atoms with Gasteiger partial charge in [-0.2, -0.15) is 5.10 Å². The summed E-state index contributed by atoms with van der Waals surface area (Å²) in [5.74, 6) is 0.384. The second-order valence-electron chi connectivity index (χ2n) is 5.64. The lowest BCUT2D eigenvalue weighted by molar-refractivity contribution is -0.384. The summed E-state index contributed by atoms with van der Waals surface area (Å²) in [6, 6.07) is 16.6. The molecule has 0 radical (unpaired) electrons. The number of furan rings is 1. The topological polar surface area (TPSA) is 110 Å². The van der Waals surface area contributed by atoms with Gasteiger partial charge >= 0.3 is 0 Å². The van der Waals surface area contributed by atoms with E-state index in [4.69, 9.17) is 16.0 Å². The highest BCUT2D eigenvalue weighted by atomic mass is 35.5. The first-order valence-electron chi connectivity index (χ1n) is 8.18. The Morgan fingerprint density at radius 2 is 1.96 bits per heavy atom. The minimum absolute atomic E-state index is 0.0635. The van der Waals surface area contributed by atoms with Crippen LogP contribution in [0.15, 0.2) is 70.2 Å². The van der Waals surface area contributed by atoms with Crippen molar-refractivity contribution < 1.29 is 14.1 Å². The van der Waals surface area contributed by atoms with Gasteiger partial charge in [0.2, 0.25) is 0 Å². The lowest BCUT2D eigenvalue weighted by Crippen LogP contribution is -2.25. The van der Waals surface area contributed by atoms with Crippen molar-refractivity contribution in [3.8, 4) is 11.3 Å². The predicted octanol–water partition coefficient (Wildman–Crippen LogP) is 4.07. The molecule has 142 valence electrons. The summed E-state index contributed by atoms with van der Waals surface area (Å²) in [6.45, 7) is 0.0635. The molecule has 0 saturated carbocycles. The van der Waals surface area contributed by atoms with Gasteiger partial charge in [-0.05, 0) is 30.3 Å². The molecule has 0 aliphatic rings. The third-order valence-corrected chi connectivity index (χ3v) is 3.99. The minimum Gasteiger partial charge on any atom is -0.455 e. The van der Waals surface area contributed by atoms with Gasteiger partial charge in [-0.3, -0.25) is 14.9 Å². The van der Waals surface area contributed by atoms with Crippen molar-refractivity contribution in [1.82, 2.24) is 5.43 Å². The number of hydrogen-bond donors (Lipinski definition) is 2. The van der Waals surface area contributed by atoms with E-state index in [0.717, 1.165) is 5.69 Å². The molecule has 0 unspecified atom stereocenters. The molecule has 28 heavy (non-hydrogen) atoms. The van der Waals surface area contributed by atoms with Crippen LogP contribution < -0.4 is 10.7 Å². The van der Waals surface area contributed by atoms with E-state index in [-0.39, 0.29) is 18.1 Å². The number of amides is 1. The van der Waals surface area contributed by atoms with Crippen LogP contribution in [0.25, 0.3) is 11.3 Å². The van der Waals surface area contributed by atoms with Gasteiger partial charge in [-0.25, -0.2) is 5.43 Å². The number of nitro groups is 1. The van der Waals surface area contributed by atoms with Crippen molar-refractivity contribution >= 4 is 35.1 Å². The molecule has 0 saturated heterocycles. The lowest BCUT2D eigenvalue weighted by atomic mass is 10.1. The summed E-state index contributed by atoms with van der Waals surface area (Å²) in [5, 5.41) is 18.0. The first kappa shape index (κ1) is 19.1. The first-order chi connectivity index (χ1) is 13.5. The molecule has 2 N–H and O–H groups in total. The highest BCUT2D eigenvalue weighted by Gasteiger charge is 2.14. The molecule has 1 heterocycles. The van der Waals surface area contributed by atoms with Gasteiger partial charge in [0.1, 0.15) is 11.5 Å². The number of nitrogens with one attached hydrogen (secondary N) is 2. The Morgan fingerprint density at radius 3 is 2.71 bits per heavy atom. The molecule has 1 aromatic heterocycles. The fourth-order valence-electron chi connectivity index (χ4n) is 2.33. The maximum absolute atomic E-state index is 11.8. The summed E-state index contributed by atoms with van der Waals surface area (Å²) < 4.78 is 5.57. The number of para-hydroxylation sites is 1. The van der Waals surface area contributed by atoms with Crippen molar-refractivity contribution in [2.24, 2.45) is 5.10 Å². The van der Waals surface area contributed by atoms with Crippen LogP contribution in [0, 0.1) is 10.1 Å². The van der Waals surface area contributed by atoms with E-state index in [1.54, 1.807) is 12.1 Å². The summed E-state index contributed by atoms with van der Waals surface area (Å²) >= 11 is 6.10. The molecule has 0 spiro atoms. The van der Waals surface area contributed by atoms with E-state index in [2.05, 4.69) is 15.8 Å². The number of hydrazone groups is 1. The van der Waals surface area contributed by atoms with Crippen LogP contribution >= 0.6 is 11.6 Å². The summed E-state index contributed by atoms with van der Waals surface area (Å²) in [4.78, 5) is 22.2. The van der Waals surface area contributed by atoms with Gasteiger partial charge in [0.25, 0.3) is 11.6 Å². The molecule has 0 aliphatic heterocycles. The second-order valence-corrected chi connectivity index (χ2v) is 6.04. The Labute approximate surface area is 165 Å². The van der Waals surface area contributed by atoms with E-state index in [0.29, 0.717) is 22.1 Å². The molecule has 0 atom stereocenters. The standard InChI is InChI=1S/C19H15ClN4O4/c20-17-8-6-14(24(26)27)10-16(17)18-9-7-15(28-18)11-22-23-19(25)12-21-13-4-2-1-3-5-13/h1-11,21H,12H2,(H,23,25)/b22-11-. The Bertz CT molecular complexity index is 1020. The third-order valence-electron chi connectivity index (χ3n) is 3.66. The lowest BCUT2D eigenvalue weighted by Gasteiger charge is -2.04. The number of nitrogens with zero attached hydrogens (tertiary/aromatic N) is 2. The Balaban J connectivity index is 1.59. The molecule has 0 bridgehead atoms. The molecular weight excluding hydrogens is 384 g/mol. The average Bonchev–Trinajstić information content (AvgIpc) is 3.16. The third kappa shape index (κ3) is 4.95. The summed E-state index contributed by atoms with van der Waals surface area (Å²) in [6.07, 6.45) is 1.33. The van der Waals surface area contributed by atoms with Gasteiger partial charge in [0.05, 0.1) is 22.7 Å². The number of non-ortho nitro benzene ring substituents is 1. The quantitative estimate of drug-likeness (QED) is 0.354. The van der Waals surface area contributed by atoms with E-state index in [9.17, 15) is 14.9 Å². The van der Waals surface area contributed by atoms with Crippen LogP contribution in [0.5, 0.6) is 0 Å². The second kappa shape index (κ2) is 8.83.